The van der Waals surface area contributed by atoms with E-state index in [4.69, 9.17) is 9.94 Å². The average Bonchev–Trinajstić information content (AvgIpc) is 2.34. The number of phenols is 1. The Bertz CT molecular complexity index is 363. The van der Waals surface area contributed by atoms with Crippen molar-refractivity contribution in [2.75, 3.05) is 13.2 Å². The van der Waals surface area contributed by atoms with E-state index in [0.29, 0.717) is 12.6 Å². The third-order valence-electron chi connectivity index (χ3n) is 2.20. The number of aliphatic hydroxyl groups excluding tert-OH is 1. The number of oxime groups is 1. The lowest BCUT2D eigenvalue weighted by molar-refractivity contribution is 0.0401. The molecule has 0 aliphatic rings. The van der Waals surface area contributed by atoms with Gasteiger partial charge in [0.1, 0.15) is 18.5 Å². The van der Waals surface area contributed by atoms with Crippen molar-refractivity contribution >= 4 is 6.21 Å². The summed E-state index contributed by atoms with van der Waals surface area (Å²) in [5.41, 5.74) is 0.822. The molecule has 5 heteroatoms. The highest BCUT2D eigenvalue weighted by molar-refractivity contribution is 5.79. The summed E-state index contributed by atoms with van der Waals surface area (Å²) in [5, 5.41) is 25.5. The quantitative estimate of drug-likeness (QED) is 0.502. The molecule has 3 N–H and O–H groups in total. The molecule has 0 radical (unpaired) electrons. The minimum absolute atomic E-state index is 0.147. The van der Waals surface area contributed by atoms with E-state index in [1.807, 2.05) is 13.8 Å². The summed E-state index contributed by atoms with van der Waals surface area (Å²) in [5.74, 6) is 0.211. The van der Waals surface area contributed by atoms with Crippen LogP contribution >= 0.6 is 0 Å². The van der Waals surface area contributed by atoms with Crippen LogP contribution in [0.4, 0.5) is 0 Å². The largest absolute Gasteiger partial charge is 0.508 e. The van der Waals surface area contributed by atoms with Gasteiger partial charge < -0.3 is 20.4 Å². The lowest BCUT2D eigenvalue weighted by Crippen LogP contribution is -2.34. The van der Waals surface area contributed by atoms with E-state index in [9.17, 15) is 5.11 Å². The van der Waals surface area contributed by atoms with Gasteiger partial charge >= 0.3 is 0 Å². The molecule has 0 bridgehead atoms. The molecule has 0 aromatic heterocycles. The second kappa shape index (κ2) is 7.68. The number of aliphatic hydroxyl groups is 1. The van der Waals surface area contributed by atoms with Crippen molar-refractivity contribution in [1.82, 2.24) is 5.32 Å². The van der Waals surface area contributed by atoms with E-state index in [0.717, 1.165) is 5.56 Å². The summed E-state index contributed by atoms with van der Waals surface area (Å²) < 4.78 is 0. The van der Waals surface area contributed by atoms with Gasteiger partial charge in [0, 0.05) is 12.6 Å². The summed E-state index contributed by atoms with van der Waals surface area (Å²) >= 11 is 0. The minimum atomic E-state index is -0.579. The Balaban J connectivity index is 2.22. The van der Waals surface area contributed by atoms with Crippen LogP contribution in [0, 0.1) is 0 Å². The number of nitrogens with one attached hydrogen (secondary N) is 1. The molecule has 0 heterocycles. The molecule has 1 aromatic carbocycles. The third-order valence-corrected chi connectivity index (χ3v) is 2.20. The number of nitrogens with zero attached hydrogens (tertiary/aromatic N) is 1. The van der Waals surface area contributed by atoms with Crippen LogP contribution in [0.1, 0.15) is 19.4 Å². The number of hydrogen-bond acceptors (Lipinski definition) is 5. The van der Waals surface area contributed by atoms with Crippen LogP contribution in [0.15, 0.2) is 29.4 Å². The summed E-state index contributed by atoms with van der Waals surface area (Å²) in [6.45, 7) is 4.65. The van der Waals surface area contributed by atoms with E-state index in [-0.39, 0.29) is 12.4 Å². The van der Waals surface area contributed by atoms with Gasteiger partial charge in [-0.15, -0.1) is 0 Å². The van der Waals surface area contributed by atoms with Gasteiger partial charge in [-0.1, -0.05) is 19.0 Å². The Kier molecular flexibility index (Phi) is 6.18. The molecule has 100 valence electrons. The van der Waals surface area contributed by atoms with Gasteiger partial charge in [-0.3, -0.25) is 0 Å². The molecule has 0 aliphatic heterocycles. The van der Waals surface area contributed by atoms with Gasteiger partial charge in [0.05, 0.1) is 6.21 Å². The molecular weight excluding hydrogens is 232 g/mol. The van der Waals surface area contributed by atoms with Crippen molar-refractivity contribution < 1.29 is 15.1 Å². The Morgan fingerprint density at radius 2 is 2.00 bits per heavy atom. The zero-order valence-electron chi connectivity index (χ0n) is 10.7. The van der Waals surface area contributed by atoms with E-state index in [2.05, 4.69) is 10.5 Å². The lowest BCUT2D eigenvalue weighted by Gasteiger charge is -2.12. The van der Waals surface area contributed by atoms with Crippen LogP contribution in [0.5, 0.6) is 5.75 Å². The monoisotopic (exact) mass is 252 g/mol. The molecule has 0 spiro atoms. The number of benzene rings is 1. The molecule has 0 aliphatic carbocycles. The first-order valence-corrected chi connectivity index (χ1v) is 5.93. The second-order valence-electron chi connectivity index (χ2n) is 4.34. The molecular formula is C13H20N2O3. The molecule has 0 saturated heterocycles. The van der Waals surface area contributed by atoms with Crippen LogP contribution in [-0.4, -0.2) is 41.7 Å². The maximum Gasteiger partial charge on any atom is 0.144 e. The summed E-state index contributed by atoms with van der Waals surface area (Å²) in [6.07, 6.45) is 0.951. The highest BCUT2D eigenvalue weighted by Gasteiger charge is 2.04. The molecule has 0 amide bonds. The van der Waals surface area contributed by atoms with Gasteiger partial charge in [-0.05, 0) is 29.8 Å². The molecule has 0 saturated carbocycles. The maximum atomic E-state index is 9.54. The number of rotatable bonds is 7. The predicted octanol–water partition coefficient (Wildman–Crippen LogP) is 1.10. The highest BCUT2D eigenvalue weighted by atomic mass is 16.6. The van der Waals surface area contributed by atoms with Crippen molar-refractivity contribution in [1.29, 1.82) is 0 Å². The molecule has 0 fully saturated rings. The highest BCUT2D eigenvalue weighted by Crippen LogP contribution is 2.07. The minimum Gasteiger partial charge on any atom is -0.508 e. The van der Waals surface area contributed by atoms with Crippen molar-refractivity contribution in [3.63, 3.8) is 0 Å². The Labute approximate surface area is 107 Å². The topological polar surface area (TPSA) is 74.1 Å². The van der Waals surface area contributed by atoms with Gasteiger partial charge in [-0.2, -0.15) is 0 Å². The fraction of sp³-hybridized carbons (Fsp3) is 0.462. The number of aromatic hydroxyl groups is 1. The summed E-state index contributed by atoms with van der Waals surface area (Å²) in [6, 6.07) is 6.92. The van der Waals surface area contributed by atoms with E-state index in [1.165, 1.54) is 6.21 Å². The van der Waals surface area contributed by atoms with Gasteiger partial charge in [0.2, 0.25) is 0 Å². The first kappa shape index (κ1) is 14.5. The van der Waals surface area contributed by atoms with Crippen LogP contribution in [0.25, 0.3) is 0 Å². The zero-order valence-corrected chi connectivity index (χ0v) is 10.7. The van der Waals surface area contributed by atoms with Crippen LogP contribution < -0.4 is 5.32 Å². The van der Waals surface area contributed by atoms with Gasteiger partial charge in [0.25, 0.3) is 0 Å². The van der Waals surface area contributed by atoms with Gasteiger partial charge in [0.15, 0.2) is 0 Å². The summed E-state index contributed by atoms with van der Waals surface area (Å²) in [4.78, 5) is 4.98. The van der Waals surface area contributed by atoms with E-state index in [1.54, 1.807) is 24.3 Å². The van der Waals surface area contributed by atoms with Crippen LogP contribution in [0.2, 0.25) is 0 Å². The Morgan fingerprint density at radius 1 is 1.33 bits per heavy atom. The smallest absolute Gasteiger partial charge is 0.144 e. The van der Waals surface area contributed by atoms with Crippen LogP contribution in [0.3, 0.4) is 0 Å². The molecule has 18 heavy (non-hydrogen) atoms. The number of hydrogen-bond donors (Lipinski definition) is 3. The van der Waals surface area contributed by atoms with Crippen molar-refractivity contribution in [3.05, 3.63) is 29.8 Å². The zero-order chi connectivity index (χ0) is 13.4. The SMILES string of the molecule is CC(C)NCC(O)CO/N=C/c1ccc(O)cc1. The summed E-state index contributed by atoms with van der Waals surface area (Å²) in [7, 11) is 0. The van der Waals surface area contributed by atoms with Crippen molar-refractivity contribution in [2.45, 2.75) is 26.0 Å². The lowest BCUT2D eigenvalue weighted by atomic mass is 10.2. The molecule has 5 nitrogen and oxygen atoms in total. The Morgan fingerprint density at radius 3 is 2.61 bits per heavy atom. The van der Waals surface area contributed by atoms with Gasteiger partial charge in [-0.25, -0.2) is 0 Å². The van der Waals surface area contributed by atoms with E-state index < -0.39 is 6.10 Å². The second-order valence-corrected chi connectivity index (χ2v) is 4.34. The normalized spacial score (nSPS) is 13.1. The number of phenolic OH excluding ortho intramolecular Hbond substituents is 1. The Hall–Kier alpha value is -1.59. The first-order chi connectivity index (χ1) is 8.58. The van der Waals surface area contributed by atoms with Crippen LogP contribution in [-0.2, 0) is 4.84 Å². The average molecular weight is 252 g/mol. The molecule has 1 unspecified atom stereocenters. The fourth-order valence-electron chi connectivity index (χ4n) is 1.22. The fourth-order valence-corrected chi connectivity index (χ4v) is 1.22. The standard InChI is InChI=1S/C13H20N2O3/c1-10(2)14-8-13(17)9-18-15-7-11-3-5-12(16)6-4-11/h3-7,10,13-14,16-17H,8-9H2,1-2H3/b15-7+. The molecule has 1 atom stereocenters. The van der Waals surface area contributed by atoms with E-state index >= 15 is 0 Å². The van der Waals surface area contributed by atoms with Crippen molar-refractivity contribution in [2.24, 2.45) is 5.16 Å². The third kappa shape index (κ3) is 6.22. The molecule has 1 aromatic rings. The molecule has 1 rings (SSSR count). The maximum absolute atomic E-state index is 9.54. The first-order valence-electron chi connectivity index (χ1n) is 5.93. The predicted molar refractivity (Wildman–Crippen MR) is 70.8 cm³/mol. The van der Waals surface area contributed by atoms with Crippen molar-refractivity contribution in [3.8, 4) is 5.75 Å².